The fraction of sp³-hybridized carbons (Fsp3) is 0.188. The quantitative estimate of drug-likeness (QED) is 0.633. The molecular weight excluding hydrogens is 302 g/mol. The first-order valence-electron chi connectivity index (χ1n) is 7.03. The van der Waals surface area contributed by atoms with Crippen LogP contribution in [0.2, 0.25) is 5.02 Å². The molecule has 0 unspecified atom stereocenters. The topological polar surface area (TPSA) is 56.5 Å². The van der Waals surface area contributed by atoms with Crippen LogP contribution in [0.4, 0.5) is 0 Å². The number of halogens is 1. The summed E-state index contributed by atoms with van der Waals surface area (Å²) in [6.45, 7) is 2.65. The van der Waals surface area contributed by atoms with E-state index in [0.29, 0.717) is 35.3 Å². The molecule has 0 atom stereocenters. The Morgan fingerprint density at radius 2 is 2.23 bits per heavy atom. The Bertz CT molecular complexity index is 850. The van der Waals surface area contributed by atoms with Crippen molar-refractivity contribution in [3.8, 4) is 0 Å². The second-order valence-electron chi connectivity index (χ2n) is 5.12. The number of hydrogen-bond donors (Lipinski definition) is 0. The van der Waals surface area contributed by atoms with Gasteiger partial charge in [0.25, 0.3) is 0 Å². The molecule has 4 rings (SSSR count). The lowest BCUT2D eigenvalue weighted by Gasteiger charge is -2.24. The summed E-state index contributed by atoms with van der Waals surface area (Å²) < 4.78 is 7.06. The highest BCUT2D eigenvalue weighted by Crippen LogP contribution is 2.42. The van der Waals surface area contributed by atoms with Crippen molar-refractivity contribution < 1.29 is 9.53 Å². The molecule has 0 radical (unpaired) electrons. The van der Waals surface area contributed by atoms with E-state index in [9.17, 15) is 4.79 Å². The minimum absolute atomic E-state index is 0.298. The highest BCUT2D eigenvalue weighted by Gasteiger charge is 2.34. The van der Waals surface area contributed by atoms with Crippen LogP contribution in [0, 0.1) is 0 Å². The van der Waals surface area contributed by atoms with Gasteiger partial charge in [0, 0.05) is 29.7 Å². The largest absolute Gasteiger partial charge is 0.400 e. The predicted octanol–water partition coefficient (Wildman–Crippen LogP) is 2.83. The van der Waals surface area contributed by atoms with Crippen LogP contribution in [0.15, 0.2) is 41.2 Å². The first-order valence-corrected chi connectivity index (χ1v) is 7.40. The van der Waals surface area contributed by atoms with E-state index in [1.165, 1.54) is 0 Å². The number of hydrogen-bond acceptors (Lipinski definition) is 4. The molecule has 0 spiro atoms. The molecule has 110 valence electrons. The number of carbonyl (C=O) groups is 1. The Kier molecular flexibility index (Phi) is 2.90. The predicted molar refractivity (Wildman–Crippen MR) is 82.6 cm³/mol. The number of benzene rings is 1. The molecule has 1 aromatic heterocycles. The number of ether oxygens (including phenoxy) is 1. The number of carbonyl (C=O) groups excluding carboxylic acids is 1. The minimum Gasteiger partial charge on any atom is -0.400 e. The molecule has 0 N–H and O–H groups in total. The number of rotatable bonds is 2. The highest BCUT2D eigenvalue weighted by molar-refractivity contribution is 6.33. The number of aryl methyl sites for hydroxylation is 1. The molecule has 22 heavy (non-hydrogen) atoms. The zero-order chi connectivity index (χ0) is 15.3. The van der Waals surface area contributed by atoms with Crippen LogP contribution in [-0.2, 0) is 22.5 Å². The lowest BCUT2D eigenvalue weighted by atomic mass is 9.81. The highest BCUT2D eigenvalue weighted by atomic mass is 35.5. The van der Waals surface area contributed by atoms with E-state index in [0.717, 1.165) is 16.7 Å². The molecule has 5 nitrogen and oxygen atoms in total. The van der Waals surface area contributed by atoms with Gasteiger partial charge < -0.3 is 4.74 Å². The number of cyclic esters (lactones) is 1. The van der Waals surface area contributed by atoms with Crippen molar-refractivity contribution in [1.29, 1.82) is 0 Å². The Labute approximate surface area is 131 Å². The zero-order valence-electron chi connectivity index (χ0n) is 11.8. The first kappa shape index (κ1) is 13.3. The van der Waals surface area contributed by atoms with Crippen LogP contribution in [0.25, 0.3) is 5.57 Å². The second kappa shape index (κ2) is 4.81. The van der Waals surface area contributed by atoms with Crippen LogP contribution in [0.1, 0.15) is 23.7 Å². The Morgan fingerprint density at radius 3 is 3.00 bits per heavy atom. The summed E-state index contributed by atoms with van der Waals surface area (Å²) in [5, 5.41) is 4.81. The third-order valence-corrected chi connectivity index (χ3v) is 4.20. The summed E-state index contributed by atoms with van der Waals surface area (Å²) in [5.74, 6) is -0.133. The fourth-order valence-electron chi connectivity index (χ4n) is 2.80. The van der Waals surface area contributed by atoms with Gasteiger partial charge in [-0.25, -0.2) is 9.79 Å². The van der Waals surface area contributed by atoms with Gasteiger partial charge in [0.05, 0.1) is 0 Å². The first-order chi connectivity index (χ1) is 10.7. The molecule has 0 fully saturated rings. The average molecular weight is 314 g/mol. The van der Waals surface area contributed by atoms with Gasteiger partial charge in [0.15, 0.2) is 5.70 Å². The van der Waals surface area contributed by atoms with Gasteiger partial charge >= 0.3 is 5.97 Å². The summed E-state index contributed by atoms with van der Waals surface area (Å²) in [6, 6.07) is 7.51. The standard InChI is InChI=1S/C16H12ClN3O2/c1-2-20-12(6-7-18-20)15-19-14(16(21)22-15)10-8-9-4-3-5-11(17)13(9)10/h3-7H,2,8H2,1H3/b14-10+. The Morgan fingerprint density at radius 1 is 1.36 bits per heavy atom. The van der Waals surface area contributed by atoms with Gasteiger partial charge in [-0.15, -0.1) is 0 Å². The zero-order valence-corrected chi connectivity index (χ0v) is 12.6. The van der Waals surface area contributed by atoms with Crippen molar-refractivity contribution in [3.63, 3.8) is 0 Å². The van der Waals surface area contributed by atoms with E-state index in [1.54, 1.807) is 16.9 Å². The number of aromatic nitrogens is 2. The lowest BCUT2D eigenvalue weighted by molar-refractivity contribution is -0.130. The number of fused-ring (bicyclic) bond motifs is 1. The SMILES string of the molecule is CCn1nccc1C1=N/C(=C2\Cc3cccc(Cl)c32)C(=O)O1. The van der Waals surface area contributed by atoms with E-state index in [-0.39, 0.29) is 0 Å². The molecule has 2 aliphatic rings. The van der Waals surface area contributed by atoms with Gasteiger partial charge in [-0.2, -0.15) is 5.10 Å². The van der Waals surface area contributed by atoms with Crippen molar-refractivity contribution in [3.05, 3.63) is 58.0 Å². The lowest BCUT2D eigenvalue weighted by Crippen LogP contribution is -2.14. The third-order valence-electron chi connectivity index (χ3n) is 3.89. The van der Waals surface area contributed by atoms with Crippen molar-refractivity contribution in [2.45, 2.75) is 19.9 Å². The normalized spacial score (nSPS) is 19.5. The van der Waals surface area contributed by atoms with E-state index in [2.05, 4.69) is 10.1 Å². The van der Waals surface area contributed by atoms with Crippen LogP contribution in [-0.4, -0.2) is 21.6 Å². The molecule has 1 aliphatic heterocycles. The molecule has 0 saturated carbocycles. The number of aliphatic imine (C=N–C) groups is 1. The molecule has 2 heterocycles. The number of nitrogens with zero attached hydrogens (tertiary/aromatic N) is 3. The molecule has 0 bridgehead atoms. The van der Waals surface area contributed by atoms with Crippen molar-refractivity contribution >= 4 is 29.0 Å². The van der Waals surface area contributed by atoms with Gasteiger partial charge in [-0.1, -0.05) is 23.7 Å². The molecule has 0 saturated heterocycles. The van der Waals surface area contributed by atoms with Crippen molar-refractivity contribution in [2.75, 3.05) is 0 Å². The Hall–Kier alpha value is -2.40. The Balaban J connectivity index is 1.80. The summed E-state index contributed by atoms with van der Waals surface area (Å²) in [4.78, 5) is 16.6. The van der Waals surface area contributed by atoms with Gasteiger partial charge in [-0.05, 0) is 30.2 Å². The van der Waals surface area contributed by atoms with E-state index >= 15 is 0 Å². The van der Waals surface area contributed by atoms with Gasteiger partial charge in [-0.3, -0.25) is 4.68 Å². The van der Waals surface area contributed by atoms with E-state index in [4.69, 9.17) is 16.3 Å². The summed E-state index contributed by atoms with van der Waals surface area (Å²) >= 11 is 6.22. The van der Waals surface area contributed by atoms with Gasteiger partial charge in [0.1, 0.15) is 5.69 Å². The second-order valence-corrected chi connectivity index (χ2v) is 5.52. The maximum absolute atomic E-state index is 12.2. The van der Waals surface area contributed by atoms with Crippen LogP contribution in [0.5, 0.6) is 0 Å². The summed E-state index contributed by atoms with van der Waals surface area (Å²) in [5.41, 5.74) is 3.93. The fourth-order valence-corrected chi connectivity index (χ4v) is 3.11. The minimum atomic E-state index is -0.431. The van der Waals surface area contributed by atoms with Crippen molar-refractivity contribution in [2.24, 2.45) is 4.99 Å². The van der Waals surface area contributed by atoms with Crippen LogP contribution >= 0.6 is 11.6 Å². The van der Waals surface area contributed by atoms with E-state index < -0.39 is 5.97 Å². The average Bonchev–Trinajstić information content (AvgIpc) is 3.07. The molecule has 1 aliphatic carbocycles. The molecule has 6 heteroatoms. The maximum atomic E-state index is 12.2. The van der Waals surface area contributed by atoms with Gasteiger partial charge in [0.2, 0.25) is 5.90 Å². The molecule has 2 aromatic rings. The summed E-state index contributed by atoms with van der Waals surface area (Å²) in [7, 11) is 0. The van der Waals surface area contributed by atoms with Crippen molar-refractivity contribution in [1.82, 2.24) is 9.78 Å². The van der Waals surface area contributed by atoms with Crippen LogP contribution < -0.4 is 0 Å². The molecule has 0 amide bonds. The monoisotopic (exact) mass is 313 g/mol. The molecule has 1 aromatic carbocycles. The maximum Gasteiger partial charge on any atom is 0.364 e. The third kappa shape index (κ3) is 1.82. The summed E-state index contributed by atoms with van der Waals surface area (Å²) in [6.07, 6.45) is 2.35. The number of esters is 1. The smallest absolute Gasteiger partial charge is 0.364 e. The van der Waals surface area contributed by atoms with E-state index in [1.807, 2.05) is 25.1 Å². The number of allylic oxidation sites excluding steroid dienone is 1. The molecular formula is C16H12ClN3O2. The van der Waals surface area contributed by atoms with Crippen LogP contribution in [0.3, 0.4) is 0 Å².